The first-order valence-electron chi connectivity index (χ1n) is 3.84. The fourth-order valence-corrected chi connectivity index (χ4v) is 1.97. The van der Waals surface area contributed by atoms with Crippen LogP contribution in [-0.2, 0) is 4.79 Å². The first-order valence-corrected chi connectivity index (χ1v) is 3.84. The quantitative estimate of drug-likeness (QED) is 0.502. The Balaban J connectivity index is 2.16. The highest BCUT2D eigenvalue weighted by Gasteiger charge is 2.39. The van der Waals surface area contributed by atoms with Gasteiger partial charge in [-0.25, -0.2) is 0 Å². The van der Waals surface area contributed by atoms with Gasteiger partial charge in [0.15, 0.2) is 0 Å². The number of carbonyl (C=O) groups excluding carboxylic acids is 1. The summed E-state index contributed by atoms with van der Waals surface area (Å²) in [6.45, 7) is 0.894. The maximum absolute atomic E-state index is 11.1. The van der Waals surface area contributed by atoms with Crippen molar-refractivity contribution in [2.45, 2.75) is 31.3 Å². The van der Waals surface area contributed by atoms with Crippen molar-refractivity contribution in [3.63, 3.8) is 0 Å². The Morgan fingerprint density at radius 3 is 3.00 bits per heavy atom. The zero-order valence-corrected chi connectivity index (χ0v) is 5.92. The Labute approximate surface area is 60.2 Å². The predicted octanol–water partition coefficient (Wildman–Crippen LogP) is -0.292. The summed E-state index contributed by atoms with van der Waals surface area (Å²) in [5, 5.41) is 0. The number of amides is 1. The van der Waals surface area contributed by atoms with E-state index in [1.807, 2.05) is 4.90 Å². The molecule has 0 bridgehead atoms. The molecule has 0 aromatic rings. The Bertz CT molecular complexity index is 169. The molecular weight excluding hydrogens is 128 g/mol. The second-order valence-corrected chi connectivity index (χ2v) is 3.15. The van der Waals surface area contributed by atoms with Crippen molar-refractivity contribution in [2.75, 3.05) is 6.54 Å². The molecule has 2 fully saturated rings. The zero-order valence-electron chi connectivity index (χ0n) is 5.92. The van der Waals surface area contributed by atoms with Gasteiger partial charge in [0.25, 0.3) is 0 Å². The molecular formula is C7H12N2O. The molecule has 0 aromatic carbocycles. The van der Waals surface area contributed by atoms with Crippen molar-refractivity contribution in [1.29, 1.82) is 0 Å². The van der Waals surface area contributed by atoms with Crippen molar-refractivity contribution in [3.8, 4) is 0 Å². The maximum Gasteiger partial charge on any atom is 0.222 e. The first kappa shape index (κ1) is 6.16. The summed E-state index contributed by atoms with van der Waals surface area (Å²) in [6.07, 6.45) is 2.70. The summed E-state index contributed by atoms with van der Waals surface area (Å²) >= 11 is 0. The zero-order chi connectivity index (χ0) is 7.14. The fourth-order valence-electron chi connectivity index (χ4n) is 1.97. The average molecular weight is 140 g/mol. The van der Waals surface area contributed by atoms with E-state index >= 15 is 0 Å². The number of nitrogens with zero attached hydrogens (tertiary/aromatic N) is 1. The van der Waals surface area contributed by atoms with Gasteiger partial charge >= 0.3 is 0 Å². The minimum atomic E-state index is 0.256. The van der Waals surface area contributed by atoms with E-state index in [4.69, 9.17) is 5.73 Å². The van der Waals surface area contributed by atoms with Gasteiger partial charge in [-0.3, -0.25) is 4.79 Å². The first-order chi connectivity index (χ1) is 4.79. The van der Waals surface area contributed by atoms with Gasteiger partial charge in [0, 0.05) is 25.0 Å². The van der Waals surface area contributed by atoms with E-state index in [0.717, 1.165) is 25.8 Å². The molecule has 56 valence electrons. The number of hydrogen-bond donors (Lipinski definition) is 1. The molecule has 0 aromatic heterocycles. The number of carbonyl (C=O) groups is 1. The third-order valence-corrected chi connectivity index (χ3v) is 2.57. The molecule has 2 saturated heterocycles. The highest BCUT2D eigenvalue weighted by atomic mass is 16.2. The fraction of sp³-hybridized carbons (Fsp3) is 0.857. The van der Waals surface area contributed by atoms with Gasteiger partial charge in [-0.2, -0.15) is 0 Å². The molecule has 1 amide bonds. The lowest BCUT2D eigenvalue weighted by molar-refractivity contribution is -0.127. The van der Waals surface area contributed by atoms with Crippen molar-refractivity contribution in [2.24, 2.45) is 5.73 Å². The Hall–Kier alpha value is -0.570. The molecule has 2 aliphatic rings. The molecule has 0 saturated carbocycles. The van der Waals surface area contributed by atoms with E-state index in [2.05, 4.69) is 0 Å². The molecule has 2 N–H and O–H groups in total. The predicted molar refractivity (Wildman–Crippen MR) is 37.3 cm³/mol. The summed E-state index contributed by atoms with van der Waals surface area (Å²) in [5.41, 5.74) is 5.79. The van der Waals surface area contributed by atoms with E-state index in [-0.39, 0.29) is 6.04 Å². The molecule has 0 spiro atoms. The molecule has 0 radical (unpaired) electrons. The van der Waals surface area contributed by atoms with Crippen LogP contribution in [0.4, 0.5) is 0 Å². The maximum atomic E-state index is 11.1. The van der Waals surface area contributed by atoms with Gasteiger partial charge < -0.3 is 10.6 Å². The summed E-state index contributed by atoms with van der Waals surface area (Å²) in [6, 6.07) is 0.638. The SMILES string of the molecule is N[C@@H]1CCN2C(=O)CC[C@H]12. The van der Waals surface area contributed by atoms with Crippen LogP contribution in [0, 0.1) is 0 Å². The largest absolute Gasteiger partial charge is 0.338 e. The standard InChI is InChI=1S/C7H12N2O/c8-5-3-4-9-6(5)1-2-7(9)10/h5-6H,1-4,8H2/t5-,6-/m1/s1. The van der Waals surface area contributed by atoms with E-state index in [1.54, 1.807) is 0 Å². The Kier molecular flexibility index (Phi) is 1.20. The normalized spacial score (nSPS) is 38.9. The highest BCUT2D eigenvalue weighted by Crippen LogP contribution is 2.27. The summed E-state index contributed by atoms with van der Waals surface area (Å²) in [7, 11) is 0. The van der Waals surface area contributed by atoms with E-state index < -0.39 is 0 Å². The molecule has 2 heterocycles. The molecule has 3 nitrogen and oxygen atoms in total. The van der Waals surface area contributed by atoms with Gasteiger partial charge in [-0.15, -0.1) is 0 Å². The minimum absolute atomic E-state index is 0.256. The summed E-state index contributed by atoms with van der Waals surface area (Å²) in [4.78, 5) is 13.0. The highest BCUT2D eigenvalue weighted by molar-refractivity contribution is 5.79. The van der Waals surface area contributed by atoms with Gasteiger partial charge in [-0.1, -0.05) is 0 Å². The van der Waals surface area contributed by atoms with Crippen LogP contribution in [0.3, 0.4) is 0 Å². The third kappa shape index (κ3) is 0.669. The lowest BCUT2D eigenvalue weighted by Gasteiger charge is -2.16. The topological polar surface area (TPSA) is 46.3 Å². The lowest BCUT2D eigenvalue weighted by Crippen LogP contribution is -2.35. The van der Waals surface area contributed by atoms with E-state index in [9.17, 15) is 4.79 Å². The minimum Gasteiger partial charge on any atom is -0.338 e. The Morgan fingerprint density at radius 1 is 1.50 bits per heavy atom. The van der Waals surface area contributed by atoms with Gasteiger partial charge in [0.05, 0.1) is 0 Å². The van der Waals surface area contributed by atoms with Crippen molar-refractivity contribution < 1.29 is 4.79 Å². The third-order valence-electron chi connectivity index (χ3n) is 2.57. The van der Waals surface area contributed by atoms with Crippen molar-refractivity contribution in [3.05, 3.63) is 0 Å². The summed E-state index contributed by atoms with van der Waals surface area (Å²) < 4.78 is 0. The molecule has 2 atom stereocenters. The van der Waals surface area contributed by atoms with Crippen molar-refractivity contribution >= 4 is 5.91 Å². The molecule has 2 aliphatic heterocycles. The van der Waals surface area contributed by atoms with E-state index in [1.165, 1.54) is 0 Å². The van der Waals surface area contributed by atoms with Crippen LogP contribution in [0.5, 0.6) is 0 Å². The van der Waals surface area contributed by atoms with Crippen LogP contribution in [-0.4, -0.2) is 29.4 Å². The molecule has 2 rings (SSSR count). The van der Waals surface area contributed by atoms with Crippen molar-refractivity contribution in [1.82, 2.24) is 4.90 Å². The van der Waals surface area contributed by atoms with Gasteiger partial charge in [0.1, 0.15) is 0 Å². The molecule has 0 unspecified atom stereocenters. The number of rotatable bonds is 0. The van der Waals surface area contributed by atoms with Gasteiger partial charge in [-0.05, 0) is 12.8 Å². The molecule has 3 heteroatoms. The van der Waals surface area contributed by atoms with Crippen LogP contribution in [0.15, 0.2) is 0 Å². The van der Waals surface area contributed by atoms with Crippen LogP contribution in [0.2, 0.25) is 0 Å². The van der Waals surface area contributed by atoms with Crippen LogP contribution in [0.1, 0.15) is 19.3 Å². The second kappa shape index (κ2) is 1.95. The molecule has 10 heavy (non-hydrogen) atoms. The van der Waals surface area contributed by atoms with E-state index in [0.29, 0.717) is 11.9 Å². The summed E-state index contributed by atoms with van der Waals surface area (Å²) in [5.74, 6) is 0.304. The lowest BCUT2D eigenvalue weighted by atomic mass is 10.1. The Morgan fingerprint density at radius 2 is 2.30 bits per heavy atom. The van der Waals surface area contributed by atoms with Crippen LogP contribution >= 0.6 is 0 Å². The number of hydrogen-bond acceptors (Lipinski definition) is 2. The molecule has 0 aliphatic carbocycles. The van der Waals surface area contributed by atoms with Crippen LogP contribution in [0.25, 0.3) is 0 Å². The second-order valence-electron chi connectivity index (χ2n) is 3.15. The smallest absolute Gasteiger partial charge is 0.222 e. The number of nitrogens with two attached hydrogens (primary N) is 1. The average Bonchev–Trinajstić information content (AvgIpc) is 2.41. The monoisotopic (exact) mass is 140 g/mol. The van der Waals surface area contributed by atoms with Crippen LogP contribution < -0.4 is 5.73 Å². The van der Waals surface area contributed by atoms with Gasteiger partial charge in [0.2, 0.25) is 5.91 Å². The number of fused-ring (bicyclic) bond motifs is 1.